The first-order valence-corrected chi connectivity index (χ1v) is 8.51. The molecule has 0 spiro atoms. The Hall–Kier alpha value is -3.35. The quantitative estimate of drug-likeness (QED) is 0.467. The summed E-state index contributed by atoms with van der Waals surface area (Å²) in [5.74, 6) is -1.64. The molecule has 0 aliphatic carbocycles. The third-order valence-corrected chi connectivity index (χ3v) is 4.25. The molecule has 12 nitrogen and oxygen atoms in total. The van der Waals surface area contributed by atoms with Crippen LogP contribution in [0.2, 0.25) is 0 Å². The van der Waals surface area contributed by atoms with Crippen molar-refractivity contribution in [3.63, 3.8) is 0 Å². The van der Waals surface area contributed by atoms with Crippen molar-refractivity contribution < 1.29 is 33.0 Å². The van der Waals surface area contributed by atoms with Crippen molar-refractivity contribution in [2.24, 2.45) is 0 Å². The van der Waals surface area contributed by atoms with Gasteiger partial charge in [-0.3, -0.25) is 14.2 Å². The zero-order valence-corrected chi connectivity index (χ0v) is 15.5. The molecule has 2 N–H and O–H groups in total. The van der Waals surface area contributed by atoms with Crippen molar-refractivity contribution in [3.05, 3.63) is 16.7 Å². The van der Waals surface area contributed by atoms with E-state index >= 15 is 0 Å². The number of esters is 2. The van der Waals surface area contributed by atoms with E-state index in [0.29, 0.717) is 6.29 Å². The summed E-state index contributed by atoms with van der Waals surface area (Å²) in [4.78, 5) is 54.2. The van der Waals surface area contributed by atoms with Crippen molar-refractivity contribution in [2.75, 3.05) is 12.3 Å². The molecule has 0 amide bonds. The number of carbonyl (C=O) groups excluding carboxylic acids is 3. The maximum atomic E-state index is 14.9. The second-order valence-electron chi connectivity index (χ2n) is 6.25. The van der Waals surface area contributed by atoms with E-state index in [4.69, 9.17) is 19.9 Å². The van der Waals surface area contributed by atoms with E-state index in [2.05, 4.69) is 9.97 Å². The van der Waals surface area contributed by atoms with Gasteiger partial charge in [0.2, 0.25) is 5.95 Å². The van der Waals surface area contributed by atoms with Crippen molar-refractivity contribution in [1.82, 2.24) is 19.1 Å². The molecule has 1 aliphatic heterocycles. The highest BCUT2D eigenvalue weighted by atomic mass is 19.1. The zero-order valence-electron chi connectivity index (χ0n) is 15.5. The number of rotatable bonds is 6. The number of hydrogen-bond acceptors (Lipinski definition) is 10. The number of imidazole rings is 1. The molecule has 2 aromatic rings. The molecular formula is C16H18FN5O7. The number of nitrogens with two attached hydrogens (primary N) is 1. The molecule has 0 radical (unpaired) electrons. The third-order valence-electron chi connectivity index (χ3n) is 4.25. The van der Waals surface area contributed by atoms with E-state index in [1.54, 1.807) is 0 Å². The van der Waals surface area contributed by atoms with Crippen molar-refractivity contribution in [1.29, 1.82) is 0 Å². The summed E-state index contributed by atoms with van der Waals surface area (Å²) in [5, 5.41) is 0. The normalized spacial score (nSPS) is 23.8. The molecule has 0 saturated carbocycles. The number of nitrogen functional groups attached to an aromatic ring is 1. The highest BCUT2D eigenvalue weighted by molar-refractivity contribution is 5.73. The van der Waals surface area contributed by atoms with Gasteiger partial charge in [-0.15, -0.1) is 0 Å². The third kappa shape index (κ3) is 3.81. The van der Waals surface area contributed by atoms with Crippen LogP contribution >= 0.6 is 0 Å². The molecule has 1 fully saturated rings. The topological polar surface area (TPSA) is 158 Å². The lowest BCUT2D eigenvalue weighted by atomic mass is 10.1. The number of fused-ring (bicyclic) bond motifs is 1. The monoisotopic (exact) mass is 411 g/mol. The first-order valence-electron chi connectivity index (χ1n) is 8.51. The summed E-state index contributed by atoms with van der Waals surface area (Å²) in [6.45, 7) is 1.43. The first kappa shape index (κ1) is 20.4. The molecule has 0 unspecified atom stereocenters. The lowest BCUT2D eigenvalue weighted by molar-refractivity contribution is -0.154. The Morgan fingerprint density at radius 1 is 1.38 bits per heavy atom. The number of halogens is 1. The Morgan fingerprint density at radius 2 is 2.10 bits per heavy atom. The maximum absolute atomic E-state index is 14.9. The molecule has 3 heterocycles. The lowest BCUT2D eigenvalue weighted by Gasteiger charge is -2.19. The number of aromatic nitrogens is 4. The second-order valence-corrected chi connectivity index (χ2v) is 6.25. The highest BCUT2D eigenvalue weighted by Gasteiger charge is 2.50. The Morgan fingerprint density at radius 3 is 2.72 bits per heavy atom. The van der Waals surface area contributed by atoms with Crippen LogP contribution in [0, 0.1) is 0 Å². The Kier molecular flexibility index (Phi) is 5.59. The van der Waals surface area contributed by atoms with Crippen molar-refractivity contribution >= 4 is 35.3 Å². The number of aldehydes is 1. The molecule has 1 saturated heterocycles. The van der Waals surface area contributed by atoms with Crippen LogP contribution in [-0.4, -0.2) is 62.3 Å². The van der Waals surface area contributed by atoms with E-state index in [9.17, 15) is 23.6 Å². The van der Waals surface area contributed by atoms with Crippen LogP contribution in [-0.2, 0) is 35.1 Å². The minimum atomic E-state index is -1.90. The Bertz CT molecular complexity index is 1020. The van der Waals surface area contributed by atoms with E-state index < -0.39 is 48.8 Å². The molecule has 156 valence electrons. The van der Waals surface area contributed by atoms with Crippen molar-refractivity contribution in [3.8, 4) is 0 Å². The minimum absolute atomic E-state index is 0.0353. The average Bonchev–Trinajstić information content (AvgIpc) is 3.08. The lowest BCUT2D eigenvalue weighted by Crippen LogP contribution is -2.37. The summed E-state index contributed by atoms with van der Waals surface area (Å²) in [5.41, 5.74) is 4.95. The summed E-state index contributed by atoms with van der Waals surface area (Å²) < 4.78 is 32.3. The largest absolute Gasteiger partial charge is 0.463 e. The predicted octanol–water partition coefficient (Wildman–Crippen LogP) is -0.896. The molecule has 1 aliphatic rings. The number of hydrogen-bond donors (Lipinski definition) is 1. The summed E-state index contributed by atoms with van der Waals surface area (Å²) in [7, 11) is 0. The fourth-order valence-electron chi connectivity index (χ4n) is 3.11. The van der Waals surface area contributed by atoms with Crippen LogP contribution in [0.3, 0.4) is 0 Å². The van der Waals surface area contributed by atoms with Crippen LogP contribution in [0.15, 0.2) is 11.0 Å². The van der Waals surface area contributed by atoms with Gasteiger partial charge in [-0.05, 0) is 0 Å². The maximum Gasteiger partial charge on any atom is 0.333 e. The van der Waals surface area contributed by atoms with Gasteiger partial charge < -0.3 is 24.7 Å². The highest BCUT2D eigenvalue weighted by Crippen LogP contribution is 2.35. The zero-order chi connectivity index (χ0) is 21.3. The minimum Gasteiger partial charge on any atom is -0.463 e. The molecular weight excluding hydrogens is 393 g/mol. The van der Waals surface area contributed by atoms with Crippen LogP contribution in [0.5, 0.6) is 0 Å². The number of alkyl halides is 1. The molecule has 0 aromatic carbocycles. The van der Waals surface area contributed by atoms with Crippen LogP contribution in [0.1, 0.15) is 20.1 Å². The van der Waals surface area contributed by atoms with Crippen LogP contribution in [0.25, 0.3) is 11.2 Å². The van der Waals surface area contributed by atoms with E-state index in [1.165, 1.54) is 6.20 Å². The van der Waals surface area contributed by atoms with Gasteiger partial charge in [0, 0.05) is 13.8 Å². The molecule has 2 aromatic heterocycles. The molecule has 4 atom stereocenters. The smallest absolute Gasteiger partial charge is 0.333 e. The molecule has 3 rings (SSSR count). The predicted molar refractivity (Wildman–Crippen MR) is 93.3 cm³/mol. The van der Waals surface area contributed by atoms with E-state index in [1.807, 2.05) is 0 Å². The summed E-state index contributed by atoms with van der Waals surface area (Å²) in [6, 6.07) is 0. The number of nitrogens with zero attached hydrogens (tertiary/aromatic N) is 4. The fraction of sp³-hybridized carbons (Fsp3) is 0.500. The standard InChI is InChI=1S/C16H18FN5O7/c1-7(24)27-6-10-11(17)12(28-8(2)25)14(29-10)22-13-9(5-19-15(18)20-13)21(3-4-23)16(22)26/h4-5,10-12,14H,3,6H2,1-2H3,(H2,18,19,20)/t10-,11-,12-,14-/m1/s1. The first-order chi connectivity index (χ1) is 13.7. The van der Waals surface area contributed by atoms with Gasteiger partial charge in [0.1, 0.15) is 24.5 Å². The van der Waals surface area contributed by atoms with Gasteiger partial charge >= 0.3 is 17.6 Å². The van der Waals surface area contributed by atoms with Crippen LogP contribution < -0.4 is 11.4 Å². The summed E-state index contributed by atoms with van der Waals surface area (Å²) >= 11 is 0. The molecule has 13 heteroatoms. The Balaban J connectivity index is 2.12. The van der Waals surface area contributed by atoms with Gasteiger partial charge in [-0.2, -0.15) is 4.98 Å². The SMILES string of the molecule is CC(=O)OC[C@H]1O[C@@H](n2c(=O)n(CC=O)c3cnc(N)nc32)[C@H](OC(C)=O)[C@@H]1F. The van der Waals surface area contributed by atoms with E-state index in [0.717, 1.165) is 23.0 Å². The van der Waals surface area contributed by atoms with E-state index in [-0.39, 0.29) is 23.7 Å². The molecule has 29 heavy (non-hydrogen) atoms. The number of carbonyl (C=O) groups is 3. The second kappa shape index (κ2) is 7.95. The fourth-order valence-corrected chi connectivity index (χ4v) is 3.11. The number of ether oxygens (including phenoxy) is 3. The van der Waals surface area contributed by atoms with Gasteiger partial charge in [-0.1, -0.05) is 0 Å². The average molecular weight is 411 g/mol. The number of anilines is 1. The van der Waals surface area contributed by atoms with Gasteiger partial charge in [0.25, 0.3) is 0 Å². The summed E-state index contributed by atoms with van der Waals surface area (Å²) in [6.07, 6.45) is -4.45. The van der Waals surface area contributed by atoms with Gasteiger partial charge in [0.05, 0.1) is 12.7 Å². The Labute approximate surface area is 162 Å². The van der Waals surface area contributed by atoms with Crippen molar-refractivity contribution in [2.45, 2.75) is 45.0 Å². The van der Waals surface area contributed by atoms with Crippen LogP contribution in [0.4, 0.5) is 10.3 Å². The molecule has 0 bridgehead atoms. The van der Waals surface area contributed by atoms with Gasteiger partial charge in [-0.25, -0.2) is 18.7 Å². The van der Waals surface area contributed by atoms with Gasteiger partial charge in [0.15, 0.2) is 24.2 Å².